The fraction of sp³-hybridized carbons (Fsp3) is 0.611. The van der Waals surface area contributed by atoms with Crippen molar-refractivity contribution in [2.75, 3.05) is 19.6 Å². The maximum Gasteiger partial charge on any atom is 0.322 e. The van der Waals surface area contributed by atoms with Crippen LogP contribution in [0.3, 0.4) is 0 Å². The Morgan fingerprint density at radius 3 is 2.59 bits per heavy atom. The summed E-state index contributed by atoms with van der Waals surface area (Å²) in [5.74, 6) is 0.813. The number of aliphatic imine (C=N–C) groups is 1. The molecule has 8 nitrogen and oxygen atoms in total. The Kier molecular flexibility index (Phi) is 7.12. The number of nitrogens with zero attached hydrogens (tertiary/aromatic N) is 3. The van der Waals surface area contributed by atoms with E-state index in [1.807, 2.05) is 24.7 Å². The molecule has 0 aromatic carbocycles. The molecule has 1 aromatic heterocycles. The highest BCUT2D eigenvalue weighted by Gasteiger charge is 2.48. The van der Waals surface area contributed by atoms with E-state index in [0.29, 0.717) is 6.54 Å². The second kappa shape index (κ2) is 8.94. The molecule has 2 saturated heterocycles. The fourth-order valence-electron chi connectivity index (χ4n) is 3.76. The van der Waals surface area contributed by atoms with Gasteiger partial charge in [-0.1, -0.05) is 0 Å². The van der Waals surface area contributed by atoms with Gasteiger partial charge in [-0.15, -0.1) is 24.0 Å². The minimum absolute atomic E-state index is 0. The quantitative estimate of drug-likeness (QED) is 0.259. The van der Waals surface area contributed by atoms with Crippen molar-refractivity contribution in [1.82, 2.24) is 25.4 Å². The largest absolute Gasteiger partial charge is 0.357 e. The van der Waals surface area contributed by atoms with Crippen LogP contribution in [0.15, 0.2) is 23.5 Å². The fourth-order valence-corrected chi connectivity index (χ4v) is 3.76. The number of imide groups is 1. The van der Waals surface area contributed by atoms with E-state index >= 15 is 0 Å². The van der Waals surface area contributed by atoms with Gasteiger partial charge in [0.05, 0.1) is 6.54 Å². The number of hydrogen-bond acceptors (Lipinski definition) is 3. The zero-order valence-electron chi connectivity index (χ0n) is 16.1. The molecule has 1 unspecified atom stereocenters. The number of likely N-dealkylation sites (tertiary alicyclic amines) is 1. The summed E-state index contributed by atoms with van der Waals surface area (Å²) in [6.07, 6.45) is 5.76. The number of amides is 3. The van der Waals surface area contributed by atoms with Gasteiger partial charge in [0.15, 0.2) is 5.96 Å². The first-order chi connectivity index (χ1) is 12.4. The van der Waals surface area contributed by atoms with Gasteiger partial charge < -0.3 is 20.1 Å². The number of hydrogen-bond donors (Lipinski definition) is 3. The number of guanidine groups is 1. The van der Waals surface area contributed by atoms with Gasteiger partial charge in [-0.05, 0) is 44.2 Å². The zero-order valence-corrected chi connectivity index (χ0v) is 18.4. The Morgan fingerprint density at radius 2 is 2.07 bits per heavy atom. The van der Waals surface area contributed by atoms with Gasteiger partial charge in [-0.2, -0.15) is 0 Å². The molecular formula is C18H29IN6O2. The van der Waals surface area contributed by atoms with Crippen LogP contribution in [0.1, 0.15) is 32.3 Å². The second-order valence-electron chi connectivity index (χ2n) is 7.23. The zero-order chi connectivity index (χ0) is 18.7. The molecule has 3 heterocycles. The summed E-state index contributed by atoms with van der Waals surface area (Å²) >= 11 is 0. The highest BCUT2D eigenvalue weighted by atomic mass is 127. The number of halogens is 1. The maximum atomic E-state index is 12.1. The van der Waals surface area contributed by atoms with Crippen LogP contribution in [0.5, 0.6) is 0 Å². The van der Waals surface area contributed by atoms with Crippen molar-refractivity contribution in [2.45, 2.75) is 38.8 Å². The first-order valence-electron chi connectivity index (χ1n) is 9.20. The standard InChI is InChI=1S/C18H28N6O2.HI/c1-4-19-16(20-11-13-5-8-23(3)12-13)24-9-6-14(7-10-24)18(2)15(25)21-17(26)22-18;/h5,8,12,14H,4,6-7,9-11H2,1-3H3,(H,19,20)(H2,21,22,25,26);1H. The van der Waals surface area contributed by atoms with Crippen LogP contribution in [0, 0.1) is 5.92 Å². The number of carbonyl (C=O) groups excluding carboxylic acids is 2. The summed E-state index contributed by atoms with van der Waals surface area (Å²) in [4.78, 5) is 30.6. The van der Waals surface area contributed by atoms with Gasteiger partial charge in [0.2, 0.25) is 0 Å². The lowest BCUT2D eigenvalue weighted by atomic mass is 9.79. The van der Waals surface area contributed by atoms with Crippen LogP contribution in [-0.4, -0.2) is 52.5 Å². The Balaban J connectivity index is 0.00000261. The highest BCUT2D eigenvalue weighted by molar-refractivity contribution is 14.0. The lowest BCUT2D eigenvalue weighted by molar-refractivity contribution is -0.125. The Hall–Kier alpha value is -1.78. The van der Waals surface area contributed by atoms with E-state index in [1.165, 1.54) is 5.56 Å². The third-order valence-electron chi connectivity index (χ3n) is 5.32. The molecule has 3 amide bonds. The van der Waals surface area contributed by atoms with Crippen LogP contribution in [-0.2, 0) is 18.4 Å². The number of aromatic nitrogens is 1. The summed E-state index contributed by atoms with van der Waals surface area (Å²) < 4.78 is 2.02. The number of rotatable bonds is 4. The molecule has 2 aliphatic rings. The molecule has 1 aromatic rings. The van der Waals surface area contributed by atoms with Crippen LogP contribution in [0.4, 0.5) is 4.79 Å². The topological polar surface area (TPSA) is 90.8 Å². The van der Waals surface area contributed by atoms with Crippen molar-refractivity contribution >= 4 is 41.9 Å². The average Bonchev–Trinajstić information content (AvgIpc) is 3.14. The monoisotopic (exact) mass is 488 g/mol. The molecule has 0 aliphatic carbocycles. The van der Waals surface area contributed by atoms with Gasteiger partial charge in [0.1, 0.15) is 5.54 Å². The smallest absolute Gasteiger partial charge is 0.322 e. The average molecular weight is 488 g/mol. The molecule has 2 aliphatic heterocycles. The number of urea groups is 1. The summed E-state index contributed by atoms with van der Waals surface area (Å²) in [6, 6.07) is 1.68. The number of nitrogens with one attached hydrogen (secondary N) is 3. The van der Waals surface area contributed by atoms with Crippen molar-refractivity contribution in [2.24, 2.45) is 18.0 Å². The molecule has 0 radical (unpaired) electrons. The molecular weight excluding hydrogens is 459 g/mol. The number of carbonyl (C=O) groups is 2. The molecule has 150 valence electrons. The van der Waals surface area contributed by atoms with Gasteiger partial charge in [0, 0.05) is 39.1 Å². The van der Waals surface area contributed by atoms with Gasteiger partial charge in [-0.25, -0.2) is 9.79 Å². The van der Waals surface area contributed by atoms with Crippen LogP contribution in [0.25, 0.3) is 0 Å². The van der Waals surface area contributed by atoms with E-state index in [4.69, 9.17) is 4.99 Å². The summed E-state index contributed by atoms with van der Waals surface area (Å²) in [7, 11) is 2.00. The molecule has 1 atom stereocenters. The van der Waals surface area contributed by atoms with Crippen LogP contribution in [0.2, 0.25) is 0 Å². The van der Waals surface area contributed by atoms with Crippen LogP contribution < -0.4 is 16.0 Å². The molecule has 2 fully saturated rings. The van der Waals surface area contributed by atoms with Crippen molar-refractivity contribution in [3.8, 4) is 0 Å². The Bertz CT molecular complexity index is 710. The van der Waals surface area contributed by atoms with Gasteiger partial charge in [-0.3, -0.25) is 10.1 Å². The highest BCUT2D eigenvalue weighted by Crippen LogP contribution is 2.30. The first kappa shape index (κ1) is 21.5. The van der Waals surface area contributed by atoms with Gasteiger partial charge >= 0.3 is 6.03 Å². The van der Waals surface area contributed by atoms with E-state index in [2.05, 4.69) is 40.0 Å². The summed E-state index contributed by atoms with van der Waals surface area (Å²) in [5.41, 5.74) is 0.374. The minimum Gasteiger partial charge on any atom is -0.357 e. The molecule has 0 spiro atoms. The second-order valence-corrected chi connectivity index (χ2v) is 7.23. The molecule has 0 saturated carbocycles. The predicted molar refractivity (Wildman–Crippen MR) is 115 cm³/mol. The van der Waals surface area contributed by atoms with Crippen molar-refractivity contribution < 1.29 is 9.59 Å². The Morgan fingerprint density at radius 1 is 1.37 bits per heavy atom. The van der Waals surface area contributed by atoms with E-state index in [0.717, 1.165) is 38.4 Å². The molecule has 3 N–H and O–H groups in total. The third-order valence-corrected chi connectivity index (χ3v) is 5.32. The SMILES string of the molecule is CCNC(=NCc1ccn(C)c1)N1CCC(C2(C)NC(=O)NC2=O)CC1.I. The van der Waals surface area contributed by atoms with E-state index < -0.39 is 11.6 Å². The van der Waals surface area contributed by atoms with Crippen LogP contribution >= 0.6 is 24.0 Å². The van der Waals surface area contributed by atoms with Gasteiger partial charge in [0.25, 0.3) is 5.91 Å². The van der Waals surface area contributed by atoms with E-state index in [-0.39, 0.29) is 35.8 Å². The molecule has 27 heavy (non-hydrogen) atoms. The number of piperidine rings is 1. The van der Waals surface area contributed by atoms with Crippen molar-refractivity contribution in [3.63, 3.8) is 0 Å². The molecule has 9 heteroatoms. The Labute approximate surface area is 177 Å². The summed E-state index contributed by atoms with van der Waals surface area (Å²) in [5, 5.41) is 8.52. The molecule has 3 rings (SSSR count). The maximum absolute atomic E-state index is 12.1. The third kappa shape index (κ3) is 4.74. The van der Waals surface area contributed by atoms with Crippen molar-refractivity contribution in [1.29, 1.82) is 0 Å². The number of aryl methyl sites for hydroxylation is 1. The normalized spacial score (nSPS) is 23.7. The lowest BCUT2D eigenvalue weighted by Crippen LogP contribution is -2.55. The minimum atomic E-state index is -0.803. The first-order valence-corrected chi connectivity index (χ1v) is 9.20. The van der Waals surface area contributed by atoms with Crippen molar-refractivity contribution in [3.05, 3.63) is 24.0 Å². The van der Waals surface area contributed by atoms with E-state index in [1.54, 1.807) is 0 Å². The predicted octanol–water partition coefficient (Wildman–Crippen LogP) is 1.42. The molecule has 0 bridgehead atoms. The lowest BCUT2D eigenvalue weighted by Gasteiger charge is -2.39. The van der Waals surface area contributed by atoms with E-state index in [9.17, 15) is 9.59 Å². The summed E-state index contributed by atoms with van der Waals surface area (Å²) in [6.45, 7) is 6.95.